The molecular weight excluding hydrogens is 360 g/mol. The molecule has 28 heavy (non-hydrogen) atoms. The molecule has 7 heteroatoms. The summed E-state index contributed by atoms with van der Waals surface area (Å²) in [6.45, 7) is 5.70. The Balaban J connectivity index is 1.67. The number of hydrogen-bond donors (Lipinski definition) is 0. The van der Waals surface area contributed by atoms with E-state index in [4.69, 9.17) is 9.47 Å². The van der Waals surface area contributed by atoms with E-state index in [0.29, 0.717) is 17.1 Å². The van der Waals surface area contributed by atoms with Crippen molar-refractivity contribution in [1.29, 1.82) is 0 Å². The lowest BCUT2D eigenvalue weighted by Crippen LogP contribution is -2.33. The summed E-state index contributed by atoms with van der Waals surface area (Å²) in [5.41, 5.74) is 1.46. The zero-order chi connectivity index (χ0) is 20.5. The Morgan fingerprint density at radius 2 is 2.04 bits per heavy atom. The second kappa shape index (κ2) is 7.50. The highest BCUT2D eigenvalue weighted by molar-refractivity contribution is 5.78. The van der Waals surface area contributed by atoms with Gasteiger partial charge in [-0.15, -0.1) is 0 Å². The van der Waals surface area contributed by atoms with Gasteiger partial charge in [-0.25, -0.2) is 0 Å². The highest BCUT2D eigenvalue weighted by atomic mass is 16.6. The molecule has 3 rings (SSSR count). The number of carbonyl (C=O) groups is 1. The Hall–Kier alpha value is -3.09. The standard InChI is InChI=1S/C21H24N2O5/c1-14(15-7-5-9-17(11-15)23(25)26)22(4)19(24)13-27-18-10-6-8-16-12-21(2,3)28-20(16)18/h5-11,14H,12-13H2,1-4H3/t14-/m0/s1. The molecule has 2 aromatic rings. The highest BCUT2D eigenvalue weighted by Crippen LogP contribution is 2.41. The van der Waals surface area contributed by atoms with Crippen molar-refractivity contribution in [3.8, 4) is 11.5 Å². The van der Waals surface area contributed by atoms with Gasteiger partial charge in [-0.2, -0.15) is 0 Å². The fraction of sp³-hybridized carbons (Fsp3) is 0.381. The summed E-state index contributed by atoms with van der Waals surface area (Å²) < 4.78 is 11.7. The van der Waals surface area contributed by atoms with Crippen LogP contribution in [0.3, 0.4) is 0 Å². The Bertz CT molecular complexity index is 909. The predicted molar refractivity (Wildman–Crippen MR) is 105 cm³/mol. The van der Waals surface area contributed by atoms with Crippen molar-refractivity contribution in [2.45, 2.75) is 38.8 Å². The predicted octanol–water partition coefficient (Wildman–Crippen LogP) is 3.91. The molecule has 0 aliphatic carbocycles. The van der Waals surface area contributed by atoms with Gasteiger partial charge in [0.15, 0.2) is 18.1 Å². The van der Waals surface area contributed by atoms with E-state index in [2.05, 4.69) is 0 Å². The van der Waals surface area contributed by atoms with Crippen LogP contribution in [0.25, 0.3) is 0 Å². The fourth-order valence-corrected chi connectivity index (χ4v) is 3.28. The van der Waals surface area contributed by atoms with Crippen LogP contribution in [0.5, 0.6) is 11.5 Å². The van der Waals surface area contributed by atoms with Gasteiger partial charge in [-0.05, 0) is 32.4 Å². The number of rotatable bonds is 6. The van der Waals surface area contributed by atoms with E-state index in [-0.39, 0.29) is 29.8 Å². The molecule has 1 amide bonds. The third-order valence-electron chi connectivity index (χ3n) is 4.94. The number of nitro benzene ring substituents is 1. The van der Waals surface area contributed by atoms with Gasteiger partial charge in [0.25, 0.3) is 11.6 Å². The number of likely N-dealkylation sites (N-methyl/N-ethyl adjacent to an activating group) is 1. The second-order valence-corrected chi connectivity index (χ2v) is 7.60. The lowest BCUT2D eigenvalue weighted by Gasteiger charge is -2.25. The number of para-hydroxylation sites is 1. The first kappa shape index (κ1) is 19.7. The van der Waals surface area contributed by atoms with Gasteiger partial charge >= 0.3 is 0 Å². The third kappa shape index (κ3) is 4.08. The summed E-state index contributed by atoms with van der Waals surface area (Å²) >= 11 is 0. The van der Waals surface area contributed by atoms with Crippen LogP contribution in [0.4, 0.5) is 5.69 Å². The SMILES string of the molecule is C[C@@H](c1cccc([N+](=O)[O-])c1)N(C)C(=O)COc1cccc2c1OC(C)(C)C2. The monoisotopic (exact) mass is 384 g/mol. The quantitative estimate of drug-likeness (QED) is 0.557. The molecule has 0 radical (unpaired) electrons. The zero-order valence-electron chi connectivity index (χ0n) is 16.5. The van der Waals surface area contributed by atoms with Crippen LogP contribution < -0.4 is 9.47 Å². The molecule has 0 unspecified atom stereocenters. The lowest BCUT2D eigenvalue weighted by atomic mass is 10.0. The molecule has 0 saturated carbocycles. The first-order chi connectivity index (χ1) is 13.2. The van der Waals surface area contributed by atoms with Crippen LogP contribution in [-0.2, 0) is 11.2 Å². The molecule has 148 valence electrons. The van der Waals surface area contributed by atoms with Crippen molar-refractivity contribution < 1.29 is 19.2 Å². The average Bonchev–Trinajstić information content (AvgIpc) is 2.99. The maximum absolute atomic E-state index is 12.6. The van der Waals surface area contributed by atoms with Crippen molar-refractivity contribution in [1.82, 2.24) is 4.90 Å². The van der Waals surface area contributed by atoms with Crippen molar-refractivity contribution in [2.24, 2.45) is 0 Å². The minimum Gasteiger partial charge on any atom is -0.483 e. The summed E-state index contributed by atoms with van der Waals surface area (Å²) in [6, 6.07) is 11.6. The summed E-state index contributed by atoms with van der Waals surface area (Å²) in [4.78, 5) is 24.6. The van der Waals surface area contributed by atoms with E-state index in [1.807, 2.05) is 32.9 Å². The summed E-state index contributed by atoms with van der Waals surface area (Å²) in [7, 11) is 1.66. The van der Waals surface area contributed by atoms with Gasteiger partial charge in [0.1, 0.15) is 5.60 Å². The maximum Gasteiger partial charge on any atom is 0.269 e. The number of benzene rings is 2. The minimum absolute atomic E-state index is 0.000982. The normalized spacial score (nSPS) is 15.3. The number of nitrogens with zero attached hydrogens (tertiary/aromatic N) is 2. The number of non-ortho nitro benzene ring substituents is 1. The number of fused-ring (bicyclic) bond motifs is 1. The number of carbonyl (C=O) groups excluding carboxylic acids is 1. The number of hydrogen-bond acceptors (Lipinski definition) is 5. The average molecular weight is 384 g/mol. The number of nitro groups is 1. The van der Waals surface area contributed by atoms with Gasteiger partial charge in [-0.3, -0.25) is 14.9 Å². The fourth-order valence-electron chi connectivity index (χ4n) is 3.28. The molecule has 1 aliphatic rings. The van der Waals surface area contributed by atoms with Crippen LogP contribution >= 0.6 is 0 Å². The van der Waals surface area contributed by atoms with E-state index in [9.17, 15) is 14.9 Å². The van der Waals surface area contributed by atoms with Crippen LogP contribution in [-0.4, -0.2) is 35.0 Å². The van der Waals surface area contributed by atoms with Crippen LogP contribution in [0.1, 0.15) is 37.9 Å². The Labute approximate surface area is 164 Å². The van der Waals surface area contributed by atoms with Crippen LogP contribution in [0.2, 0.25) is 0 Å². The molecule has 7 nitrogen and oxygen atoms in total. The third-order valence-corrected chi connectivity index (χ3v) is 4.94. The van der Waals surface area contributed by atoms with E-state index in [1.54, 1.807) is 25.2 Å². The Morgan fingerprint density at radius 3 is 2.75 bits per heavy atom. The van der Waals surface area contributed by atoms with Gasteiger partial charge in [-0.1, -0.05) is 24.3 Å². The van der Waals surface area contributed by atoms with E-state index < -0.39 is 4.92 Å². The molecule has 1 atom stereocenters. The summed E-state index contributed by atoms with van der Waals surface area (Å²) in [5.74, 6) is 1.01. The molecule has 0 N–H and O–H groups in total. The van der Waals surface area contributed by atoms with Crippen molar-refractivity contribution in [2.75, 3.05) is 13.7 Å². The molecule has 0 spiro atoms. The molecule has 0 aromatic heterocycles. The van der Waals surface area contributed by atoms with Crippen LogP contribution in [0, 0.1) is 10.1 Å². The second-order valence-electron chi connectivity index (χ2n) is 7.60. The summed E-state index contributed by atoms with van der Waals surface area (Å²) in [5, 5.41) is 11.0. The summed E-state index contributed by atoms with van der Waals surface area (Å²) in [6.07, 6.45) is 0.789. The first-order valence-electron chi connectivity index (χ1n) is 9.12. The van der Waals surface area contributed by atoms with E-state index in [1.165, 1.54) is 17.0 Å². The molecule has 1 aliphatic heterocycles. The number of amides is 1. The Morgan fingerprint density at radius 1 is 1.32 bits per heavy atom. The lowest BCUT2D eigenvalue weighted by molar-refractivity contribution is -0.384. The zero-order valence-corrected chi connectivity index (χ0v) is 16.5. The van der Waals surface area contributed by atoms with Crippen molar-refractivity contribution >= 4 is 11.6 Å². The van der Waals surface area contributed by atoms with Crippen LogP contribution in [0.15, 0.2) is 42.5 Å². The largest absolute Gasteiger partial charge is 0.483 e. The molecule has 2 aromatic carbocycles. The highest BCUT2D eigenvalue weighted by Gasteiger charge is 2.32. The van der Waals surface area contributed by atoms with Gasteiger partial charge < -0.3 is 14.4 Å². The Kier molecular flexibility index (Phi) is 5.27. The van der Waals surface area contributed by atoms with Gasteiger partial charge in [0, 0.05) is 31.2 Å². The molecular formula is C21H24N2O5. The van der Waals surface area contributed by atoms with Gasteiger partial charge in [0.2, 0.25) is 0 Å². The topological polar surface area (TPSA) is 81.9 Å². The van der Waals surface area contributed by atoms with Crippen molar-refractivity contribution in [3.63, 3.8) is 0 Å². The molecule has 1 heterocycles. The molecule has 0 bridgehead atoms. The maximum atomic E-state index is 12.6. The smallest absolute Gasteiger partial charge is 0.269 e. The van der Waals surface area contributed by atoms with Crippen molar-refractivity contribution in [3.05, 3.63) is 63.7 Å². The minimum atomic E-state index is -0.446. The first-order valence-corrected chi connectivity index (χ1v) is 9.12. The molecule has 0 fully saturated rings. The van der Waals surface area contributed by atoms with E-state index in [0.717, 1.165) is 12.0 Å². The number of ether oxygens (including phenoxy) is 2. The molecule has 0 saturated heterocycles. The van der Waals surface area contributed by atoms with E-state index >= 15 is 0 Å². The van der Waals surface area contributed by atoms with Gasteiger partial charge in [0.05, 0.1) is 11.0 Å².